The van der Waals surface area contributed by atoms with E-state index < -0.39 is 9.84 Å². The molecule has 0 saturated heterocycles. The van der Waals surface area contributed by atoms with Crippen molar-refractivity contribution in [1.29, 1.82) is 0 Å². The van der Waals surface area contributed by atoms with Gasteiger partial charge in [-0.1, -0.05) is 20.8 Å². The van der Waals surface area contributed by atoms with E-state index in [0.717, 1.165) is 32.2 Å². The Morgan fingerprint density at radius 2 is 1.69 bits per heavy atom. The van der Waals surface area contributed by atoms with E-state index in [1.165, 1.54) is 0 Å². The third-order valence-electron chi connectivity index (χ3n) is 3.65. The predicted octanol–water partition coefficient (Wildman–Crippen LogP) is 2.23. The van der Waals surface area contributed by atoms with Crippen LogP contribution in [-0.2, 0) is 9.84 Å². The van der Waals surface area contributed by atoms with Gasteiger partial charge in [0.1, 0.15) is 9.84 Å². The summed E-state index contributed by atoms with van der Waals surface area (Å²) in [5.41, 5.74) is 0.276. The zero-order valence-electron chi connectivity index (χ0n) is 11.2. The van der Waals surface area contributed by atoms with Crippen LogP contribution in [0.15, 0.2) is 0 Å². The molecule has 0 aromatic carbocycles. The molecular weight excluding hydrogens is 222 g/mol. The number of hydrogen-bond donors (Lipinski definition) is 1. The first-order valence-electron chi connectivity index (χ1n) is 6.30. The van der Waals surface area contributed by atoms with E-state index in [4.69, 9.17) is 0 Å². The van der Waals surface area contributed by atoms with E-state index >= 15 is 0 Å². The molecular formula is C12H27NO2S. The van der Waals surface area contributed by atoms with Crippen LogP contribution in [0.5, 0.6) is 0 Å². The Bertz CT molecular complexity index is 269. The van der Waals surface area contributed by atoms with Gasteiger partial charge in [0, 0.05) is 12.3 Å². The van der Waals surface area contributed by atoms with Crippen LogP contribution < -0.4 is 5.32 Å². The Balaban J connectivity index is 4.23. The molecule has 0 amide bonds. The summed E-state index contributed by atoms with van der Waals surface area (Å²) in [5, 5.41) is 3.22. The van der Waals surface area contributed by atoms with Crippen molar-refractivity contribution in [3.8, 4) is 0 Å². The minimum atomic E-state index is -2.79. The van der Waals surface area contributed by atoms with Crippen LogP contribution in [0.2, 0.25) is 0 Å². The van der Waals surface area contributed by atoms with Gasteiger partial charge in [-0.05, 0) is 38.1 Å². The smallest absolute Gasteiger partial charge is 0.150 e. The average Bonchev–Trinajstić information content (AvgIpc) is 2.28. The second kappa shape index (κ2) is 7.28. The molecule has 0 saturated carbocycles. The maximum absolute atomic E-state index is 11.4. The summed E-state index contributed by atoms with van der Waals surface area (Å²) in [6.45, 7) is 7.08. The lowest BCUT2D eigenvalue weighted by atomic mass is 9.78. The molecule has 0 atom stereocenters. The van der Waals surface area contributed by atoms with Gasteiger partial charge in [0.25, 0.3) is 0 Å². The van der Waals surface area contributed by atoms with Crippen molar-refractivity contribution in [2.45, 2.75) is 46.5 Å². The number of rotatable bonds is 9. The Kier molecular flexibility index (Phi) is 7.24. The van der Waals surface area contributed by atoms with Gasteiger partial charge in [-0.3, -0.25) is 0 Å². The van der Waals surface area contributed by atoms with Gasteiger partial charge in [-0.25, -0.2) is 8.42 Å². The molecule has 0 aliphatic carbocycles. The Morgan fingerprint density at radius 1 is 1.12 bits per heavy atom. The predicted molar refractivity (Wildman–Crippen MR) is 70.5 cm³/mol. The van der Waals surface area contributed by atoms with Crippen LogP contribution in [0, 0.1) is 5.41 Å². The van der Waals surface area contributed by atoms with E-state index in [0.29, 0.717) is 5.75 Å². The first-order chi connectivity index (χ1) is 7.45. The minimum absolute atomic E-state index is 0.268. The van der Waals surface area contributed by atoms with Crippen molar-refractivity contribution < 1.29 is 8.42 Å². The molecule has 98 valence electrons. The quantitative estimate of drug-likeness (QED) is 0.681. The molecule has 0 aromatic rings. The highest BCUT2D eigenvalue weighted by molar-refractivity contribution is 7.91. The van der Waals surface area contributed by atoms with E-state index in [2.05, 4.69) is 19.2 Å². The van der Waals surface area contributed by atoms with Gasteiger partial charge in [-0.2, -0.15) is 0 Å². The van der Waals surface area contributed by atoms with E-state index in [1.807, 2.05) is 7.05 Å². The molecule has 0 radical (unpaired) electrons. The fraction of sp³-hybridized carbons (Fsp3) is 1.00. The summed E-state index contributed by atoms with van der Waals surface area (Å²) in [5.74, 6) is 0.610. The molecule has 0 heterocycles. The van der Waals surface area contributed by atoms with Crippen molar-refractivity contribution in [3.63, 3.8) is 0 Å². The molecule has 0 aliphatic heterocycles. The lowest BCUT2D eigenvalue weighted by molar-refractivity contribution is 0.232. The molecule has 3 nitrogen and oxygen atoms in total. The zero-order chi connectivity index (χ0) is 12.7. The first kappa shape index (κ1) is 15.9. The summed E-state index contributed by atoms with van der Waals surface area (Å²) in [6.07, 6.45) is 4.01. The lowest BCUT2D eigenvalue weighted by Crippen LogP contribution is -2.32. The van der Waals surface area contributed by atoms with Crippen molar-refractivity contribution in [2.24, 2.45) is 5.41 Å². The maximum atomic E-state index is 11.4. The summed E-state index contributed by atoms with van der Waals surface area (Å²) in [7, 11) is -0.833. The van der Waals surface area contributed by atoms with Crippen molar-refractivity contribution >= 4 is 9.84 Å². The van der Waals surface area contributed by atoms with Gasteiger partial charge in [0.15, 0.2) is 0 Å². The van der Waals surface area contributed by atoms with Crippen LogP contribution >= 0.6 is 0 Å². The van der Waals surface area contributed by atoms with Crippen molar-refractivity contribution in [3.05, 3.63) is 0 Å². The topological polar surface area (TPSA) is 46.2 Å². The lowest BCUT2D eigenvalue weighted by Gasteiger charge is -2.31. The second-order valence-electron chi connectivity index (χ2n) is 4.58. The normalized spacial score (nSPS) is 13.0. The van der Waals surface area contributed by atoms with Crippen LogP contribution in [0.4, 0.5) is 0 Å². The number of hydrogen-bond acceptors (Lipinski definition) is 3. The summed E-state index contributed by atoms with van der Waals surface area (Å²) in [4.78, 5) is 0. The summed E-state index contributed by atoms with van der Waals surface area (Å²) < 4.78 is 22.8. The minimum Gasteiger partial charge on any atom is -0.319 e. The molecule has 4 heteroatoms. The molecule has 0 aliphatic rings. The average molecular weight is 249 g/mol. The Hall–Kier alpha value is -0.0900. The summed E-state index contributed by atoms with van der Waals surface area (Å²) in [6, 6.07) is 0. The molecule has 1 N–H and O–H groups in total. The molecule has 0 unspecified atom stereocenters. The highest BCUT2D eigenvalue weighted by atomic mass is 32.2. The van der Waals surface area contributed by atoms with E-state index in [-0.39, 0.29) is 11.2 Å². The molecule has 0 aromatic heterocycles. The van der Waals surface area contributed by atoms with Gasteiger partial charge in [-0.15, -0.1) is 0 Å². The van der Waals surface area contributed by atoms with E-state index in [1.54, 1.807) is 6.92 Å². The maximum Gasteiger partial charge on any atom is 0.150 e. The summed E-state index contributed by atoms with van der Waals surface area (Å²) >= 11 is 0. The van der Waals surface area contributed by atoms with Crippen LogP contribution in [-0.4, -0.2) is 33.5 Å². The number of nitrogens with one attached hydrogen (secondary N) is 1. The third-order valence-corrected chi connectivity index (χ3v) is 5.44. The molecule has 0 bridgehead atoms. The van der Waals surface area contributed by atoms with Crippen molar-refractivity contribution in [2.75, 3.05) is 25.1 Å². The monoisotopic (exact) mass is 249 g/mol. The molecule has 0 rings (SSSR count). The van der Waals surface area contributed by atoms with E-state index in [9.17, 15) is 8.42 Å². The molecule has 0 spiro atoms. The second-order valence-corrected chi connectivity index (χ2v) is 7.05. The highest BCUT2D eigenvalue weighted by Gasteiger charge is 2.25. The highest BCUT2D eigenvalue weighted by Crippen LogP contribution is 2.31. The molecule has 16 heavy (non-hydrogen) atoms. The van der Waals surface area contributed by atoms with Gasteiger partial charge in [0.2, 0.25) is 0 Å². The largest absolute Gasteiger partial charge is 0.319 e. The van der Waals surface area contributed by atoms with Crippen LogP contribution in [0.3, 0.4) is 0 Å². The SMILES string of the molecule is CCC(CC)(CCCS(=O)(=O)CC)CNC. The Morgan fingerprint density at radius 3 is 2.06 bits per heavy atom. The van der Waals surface area contributed by atoms with Crippen LogP contribution in [0.1, 0.15) is 46.5 Å². The number of sulfone groups is 1. The Labute approximate surface area is 101 Å². The fourth-order valence-electron chi connectivity index (χ4n) is 2.13. The van der Waals surface area contributed by atoms with Gasteiger partial charge < -0.3 is 5.32 Å². The molecule has 0 fully saturated rings. The van der Waals surface area contributed by atoms with Gasteiger partial charge >= 0.3 is 0 Å². The fourth-order valence-corrected chi connectivity index (χ4v) is 3.00. The van der Waals surface area contributed by atoms with Crippen LogP contribution in [0.25, 0.3) is 0 Å². The third kappa shape index (κ3) is 5.30. The van der Waals surface area contributed by atoms with Crippen molar-refractivity contribution in [1.82, 2.24) is 5.32 Å². The standard InChI is InChI=1S/C12H27NO2S/c1-5-12(6-2,11-13-4)9-8-10-16(14,15)7-3/h13H,5-11H2,1-4H3. The zero-order valence-corrected chi connectivity index (χ0v) is 12.0. The van der Waals surface area contributed by atoms with Gasteiger partial charge in [0.05, 0.1) is 5.75 Å². The first-order valence-corrected chi connectivity index (χ1v) is 8.12.